The van der Waals surface area contributed by atoms with Crippen molar-refractivity contribution in [2.75, 3.05) is 6.54 Å². The van der Waals surface area contributed by atoms with E-state index in [0.717, 1.165) is 18.4 Å². The minimum absolute atomic E-state index is 0.0719. The molecule has 0 bridgehead atoms. The number of carbonyl (C=O) groups excluding carboxylic acids is 1. The second-order valence-electron chi connectivity index (χ2n) is 9.54. The van der Waals surface area contributed by atoms with E-state index in [2.05, 4.69) is 34.2 Å². The number of rotatable bonds is 10. The number of amides is 1. The molecule has 9 nitrogen and oxygen atoms in total. The lowest BCUT2D eigenvalue weighted by atomic mass is 9.62. The molecule has 0 spiro atoms. The molecule has 0 saturated heterocycles. The van der Waals surface area contributed by atoms with E-state index in [0.29, 0.717) is 22.8 Å². The number of aromatic nitrogens is 4. The summed E-state index contributed by atoms with van der Waals surface area (Å²) in [6, 6.07) is 7.15. The number of hydrogen-bond acceptors (Lipinski definition) is 6. The SMILES string of the molecule is CC1(C)CC(C(Oc2cnc(-n3cc(CF)cn3)nc2)c2ccc(C(=O)NCCC(=O)O)cc2)C1. The molecular formula is C25H28FN5O4. The number of ether oxygens (including phenoxy) is 1. The fraction of sp³-hybridized carbons (Fsp3) is 0.400. The van der Waals surface area contributed by atoms with Crippen molar-refractivity contribution >= 4 is 11.9 Å². The molecule has 1 saturated carbocycles. The van der Waals surface area contributed by atoms with Crippen molar-refractivity contribution in [3.63, 3.8) is 0 Å². The smallest absolute Gasteiger partial charge is 0.305 e. The first-order valence-electron chi connectivity index (χ1n) is 11.4. The van der Waals surface area contributed by atoms with Crippen LogP contribution in [-0.4, -0.2) is 43.3 Å². The van der Waals surface area contributed by atoms with E-state index in [1.54, 1.807) is 24.5 Å². The molecule has 10 heteroatoms. The van der Waals surface area contributed by atoms with E-state index in [1.807, 2.05) is 12.1 Å². The molecule has 1 aromatic carbocycles. The van der Waals surface area contributed by atoms with Gasteiger partial charge in [0, 0.05) is 29.8 Å². The van der Waals surface area contributed by atoms with Gasteiger partial charge >= 0.3 is 5.97 Å². The van der Waals surface area contributed by atoms with Crippen LogP contribution < -0.4 is 10.1 Å². The number of halogens is 1. The van der Waals surface area contributed by atoms with Crippen LogP contribution in [0.1, 0.15) is 60.7 Å². The maximum atomic E-state index is 12.8. The molecule has 1 aliphatic rings. The van der Waals surface area contributed by atoms with Crippen LogP contribution in [0.4, 0.5) is 4.39 Å². The number of alkyl halides is 1. The van der Waals surface area contributed by atoms with Crippen LogP contribution >= 0.6 is 0 Å². The summed E-state index contributed by atoms with van der Waals surface area (Å²) in [5.74, 6) is -0.180. The van der Waals surface area contributed by atoms with Crippen LogP contribution in [0.5, 0.6) is 5.75 Å². The molecule has 1 amide bonds. The summed E-state index contributed by atoms with van der Waals surface area (Å²) in [6.45, 7) is 3.91. The van der Waals surface area contributed by atoms with Crippen LogP contribution in [0, 0.1) is 11.3 Å². The summed E-state index contributed by atoms with van der Waals surface area (Å²) < 4.78 is 20.5. The van der Waals surface area contributed by atoms with Crippen molar-refractivity contribution in [1.82, 2.24) is 25.1 Å². The zero-order chi connectivity index (χ0) is 25.0. The Bertz CT molecular complexity index is 1170. The van der Waals surface area contributed by atoms with Gasteiger partial charge in [-0.3, -0.25) is 9.59 Å². The average molecular weight is 482 g/mol. The number of nitrogens with one attached hydrogen (secondary N) is 1. The standard InChI is InChI=1S/C25H28FN5O4/c1-25(2)9-19(10-25)22(17-3-5-18(6-4-17)23(34)27-8-7-21(32)33)35-20-13-28-24(29-14-20)31-15-16(11-26)12-30-31/h3-6,12-15,19,22H,7-11H2,1-2H3,(H,27,34)(H,32,33). The van der Waals surface area contributed by atoms with Gasteiger partial charge in [-0.25, -0.2) is 19.0 Å². The molecule has 2 N–H and O–H groups in total. The number of nitrogens with zero attached hydrogens (tertiary/aromatic N) is 4. The van der Waals surface area contributed by atoms with Crippen molar-refractivity contribution < 1.29 is 23.8 Å². The fourth-order valence-electron chi connectivity index (χ4n) is 4.39. The zero-order valence-corrected chi connectivity index (χ0v) is 19.6. The Morgan fingerprint density at radius 1 is 1.20 bits per heavy atom. The molecule has 1 atom stereocenters. The van der Waals surface area contributed by atoms with Gasteiger partial charge in [-0.1, -0.05) is 26.0 Å². The lowest BCUT2D eigenvalue weighted by molar-refractivity contribution is -0.136. The average Bonchev–Trinajstić information content (AvgIpc) is 3.31. The monoisotopic (exact) mass is 481 g/mol. The molecule has 1 unspecified atom stereocenters. The Kier molecular flexibility index (Phi) is 7.09. The minimum atomic E-state index is -0.963. The largest absolute Gasteiger partial charge is 0.482 e. The summed E-state index contributed by atoms with van der Waals surface area (Å²) in [5, 5.41) is 15.4. The Labute approximate surface area is 202 Å². The molecule has 2 heterocycles. The second kappa shape index (κ2) is 10.2. The van der Waals surface area contributed by atoms with Crippen LogP contribution in [0.15, 0.2) is 49.1 Å². The highest BCUT2D eigenvalue weighted by Gasteiger charge is 2.42. The third-order valence-corrected chi connectivity index (χ3v) is 6.06. The van der Waals surface area contributed by atoms with Gasteiger partial charge in [-0.15, -0.1) is 0 Å². The molecule has 0 aliphatic heterocycles. The van der Waals surface area contributed by atoms with Gasteiger partial charge < -0.3 is 15.2 Å². The Balaban J connectivity index is 1.48. The van der Waals surface area contributed by atoms with Crippen molar-refractivity contribution in [3.8, 4) is 11.7 Å². The molecule has 2 aromatic heterocycles. The van der Waals surface area contributed by atoms with Crippen molar-refractivity contribution in [3.05, 3.63) is 65.7 Å². The van der Waals surface area contributed by atoms with E-state index in [-0.39, 0.29) is 36.3 Å². The number of carboxylic acids is 1. The van der Waals surface area contributed by atoms with E-state index in [9.17, 15) is 14.0 Å². The molecule has 3 aromatic rings. The maximum absolute atomic E-state index is 12.8. The molecule has 1 aliphatic carbocycles. The highest BCUT2D eigenvalue weighted by Crippen LogP contribution is 2.51. The third kappa shape index (κ3) is 6.00. The van der Waals surface area contributed by atoms with E-state index in [1.165, 1.54) is 17.1 Å². The van der Waals surface area contributed by atoms with Gasteiger partial charge in [-0.2, -0.15) is 5.10 Å². The van der Waals surface area contributed by atoms with Crippen molar-refractivity contribution in [2.24, 2.45) is 11.3 Å². The Hall–Kier alpha value is -3.82. The number of carboxylic acid groups (broad SMARTS) is 1. The fourth-order valence-corrected chi connectivity index (χ4v) is 4.39. The molecule has 35 heavy (non-hydrogen) atoms. The number of hydrogen-bond donors (Lipinski definition) is 2. The summed E-state index contributed by atoms with van der Waals surface area (Å²) in [7, 11) is 0. The van der Waals surface area contributed by atoms with Gasteiger partial charge in [0.15, 0.2) is 5.75 Å². The molecule has 4 rings (SSSR count). The second-order valence-corrected chi connectivity index (χ2v) is 9.54. The Morgan fingerprint density at radius 2 is 1.89 bits per heavy atom. The van der Waals surface area contributed by atoms with Gasteiger partial charge in [0.2, 0.25) is 0 Å². The normalized spacial score (nSPS) is 15.7. The molecule has 184 valence electrons. The number of benzene rings is 1. The van der Waals surface area contributed by atoms with Crippen LogP contribution in [0.2, 0.25) is 0 Å². The molecule has 0 radical (unpaired) electrons. The highest BCUT2D eigenvalue weighted by molar-refractivity contribution is 5.94. The maximum Gasteiger partial charge on any atom is 0.305 e. The molecular weight excluding hydrogens is 453 g/mol. The summed E-state index contributed by atoms with van der Waals surface area (Å²) in [5.41, 5.74) is 2.06. The topological polar surface area (TPSA) is 119 Å². The van der Waals surface area contributed by atoms with Crippen LogP contribution in [0.3, 0.4) is 0 Å². The summed E-state index contributed by atoms with van der Waals surface area (Å²) >= 11 is 0. The van der Waals surface area contributed by atoms with E-state index >= 15 is 0 Å². The first kappa shape index (κ1) is 24.3. The van der Waals surface area contributed by atoms with Gasteiger partial charge in [0.05, 0.1) is 25.0 Å². The van der Waals surface area contributed by atoms with E-state index < -0.39 is 12.6 Å². The summed E-state index contributed by atoms with van der Waals surface area (Å²) in [4.78, 5) is 31.5. The van der Waals surface area contributed by atoms with Gasteiger partial charge in [-0.05, 0) is 36.0 Å². The Morgan fingerprint density at radius 3 is 2.46 bits per heavy atom. The van der Waals surface area contributed by atoms with Crippen molar-refractivity contribution in [1.29, 1.82) is 0 Å². The van der Waals surface area contributed by atoms with Gasteiger partial charge in [0.25, 0.3) is 11.9 Å². The first-order valence-corrected chi connectivity index (χ1v) is 11.4. The lowest BCUT2D eigenvalue weighted by Crippen LogP contribution is -2.37. The third-order valence-electron chi connectivity index (χ3n) is 6.06. The highest BCUT2D eigenvalue weighted by atomic mass is 19.1. The van der Waals surface area contributed by atoms with Crippen LogP contribution in [-0.2, 0) is 11.5 Å². The lowest BCUT2D eigenvalue weighted by Gasteiger charge is -2.46. The number of carbonyl (C=O) groups is 2. The zero-order valence-electron chi connectivity index (χ0n) is 19.6. The first-order chi connectivity index (χ1) is 16.7. The quantitative estimate of drug-likeness (QED) is 0.451. The summed E-state index contributed by atoms with van der Waals surface area (Å²) in [6.07, 6.45) is 7.72. The van der Waals surface area contributed by atoms with Crippen LogP contribution in [0.25, 0.3) is 5.95 Å². The van der Waals surface area contributed by atoms with E-state index in [4.69, 9.17) is 9.84 Å². The van der Waals surface area contributed by atoms with Gasteiger partial charge in [0.1, 0.15) is 12.8 Å². The van der Waals surface area contributed by atoms with Crippen molar-refractivity contribution in [2.45, 2.75) is 45.9 Å². The predicted molar refractivity (Wildman–Crippen MR) is 125 cm³/mol. The molecule has 1 fully saturated rings. The number of aliphatic carboxylic acids is 1. The minimum Gasteiger partial charge on any atom is -0.482 e. The predicted octanol–water partition coefficient (Wildman–Crippen LogP) is 3.89.